The molecule has 0 unspecified atom stereocenters. The van der Waals surface area contributed by atoms with E-state index >= 15 is 0 Å². The van der Waals surface area contributed by atoms with E-state index in [-0.39, 0.29) is 0 Å². The van der Waals surface area contributed by atoms with E-state index in [4.69, 9.17) is 5.26 Å². The number of nitrogens with zero attached hydrogens (tertiary/aromatic N) is 2. The highest BCUT2D eigenvalue weighted by molar-refractivity contribution is 5.89. The first kappa shape index (κ1) is 10.8. The Morgan fingerprint density at radius 2 is 1.88 bits per heavy atom. The van der Waals surface area contributed by atoms with Crippen LogP contribution in [0.5, 0.6) is 0 Å². The van der Waals surface area contributed by atoms with Crippen LogP contribution in [0.3, 0.4) is 0 Å². The topological polar surface area (TPSA) is 28.7 Å². The second-order valence-corrected chi connectivity index (χ2v) is 4.38. The smallest absolute Gasteiger partial charge is 0.0670 e. The first-order valence-corrected chi connectivity index (χ1v) is 5.48. The quantitative estimate of drug-likeness (QED) is 0.713. The summed E-state index contributed by atoms with van der Waals surface area (Å²) in [4.78, 5) is 0. The number of hydrogen-bond donors (Lipinski definition) is 0. The van der Waals surface area contributed by atoms with Crippen molar-refractivity contribution in [1.29, 1.82) is 5.26 Å². The minimum absolute atomic E-state index is 0.494. The monoisotopic (exact) mass is 212 g/mol. The van der Waals surface area contributed by atoms with Crippen molar-refractivity contribution in [3.8, 4) is 6.07 Å². The van der Waals surface area contributed by atoms with Crippen molar-refractivity contribution in [3.05, 3.63) is 34.5 Å². The summed E-state index contributed by atoms with van der Waals surface area (Å²) in [6, 6.07) is 4.38. The zero-order chi connectivity index (χ0) is 11.9. The summed E-state index contributed by atoms with van der Waals surface area (Å²) in [7, 11) is 2.06. The summed E-state index contributed by atoms with van der Waals surface area (Å²) in [5.74, 6) is 0. The first-order chi connectivity index (χ1) is 7.57. The summed E-state index contributed by atoms with van der Waals surface area (Å²) in [5.41, 5.74) is 6.33. The Kier molecular flexibility index (Phi) is 2.47. The molecule has 0 saturated carbocycles. The van der Waals surface area contributed by atoms with Gasteiger partial charge in [0, 0.05) is 18.6 Å². The molecule has 0 bridgehead atoms. The normalized spacial score (nSPS) is 10.7. The maximum atomic E-state index is 8.91. The minimum atomic E-state index is 0.494. The van der Waals surface area contributed by atoms with Crippen LogP contribution in [0.25, 0.3) is 10.9 Å². The number of fused-ring (bicyclic) bond motifs is 1. The van der Waals surface area contributed by atoms with Crippen LogP contribution in [0.2, 0.25) is 0 Å². The molecule has 0 aliphatic heterocycles. The predicted octanol–water partition coefficient (Wildman–Crippen LogP) is 3.17. The zero-order valence-corrected chi connectivity index (χ0v) is 10.3. The van der Waals surface area contributed by atoms with Crippen LogP contribution in [0.4, 0.5) is 0 Å². The lowest BCUT2D eigenvalue weighted by atomic mass is 9.93. The highest BCUT2D eigenvalue weighted by Crippen LogP contribution is 2.30. The molecule has 2 rings (SSSR count). The van der Waals surface area contributed by atoms with Crippen molar-refractivity contribution >= 4 is 10.9 Å². The number of nitriles is 1. The van der Waals surface area contributed by atoms with Crippen LogP contribution < -0.4 is 0 Å². The summed E-state index contributed by atoms with van der Waals surface area (Å²) in [6.45, 7) is 6.40. The number of rotatable bonds is 1. The van der Waals surface area contributed by atoms with Crippen LogP contribution in [0.15, 0.2) is 12.3 Å². The molecular weight excluding hydrogens is 196 g/mol. The average molecular weight is 212 g/mol. The molecule has 0 aliphatic carbocycles. The molecule has 0 amide bonds. The van der Waals surface area contributed by atoms with E-state index in [0.717, 1.165) is 0 Å². The third-order valence-electron chi connectivity index (χ3n) is 3.59. The molecule has 1 aromatic heterocycles. The summed E-state index contributed by atoms with van der Waals surface area (Å²) >= 11 is 0. The van der Waals surface area contributed by atoms with Gasteiger partial charge in [0.05, 0.1) is 18.0 Å². The molecule has 2 aromatic rings. The Hall–Kier alpha value is -1.75. The fraction of sp³-hybridized carbons (Fsp3) is 0.357. The van der Waals surface area contributed by atoms with Crippen LogP contribution in [0.1, 0.15) is 22.3 Å². The Balaban J connectivity index is 2.94. The number of benzene rings is 1. The third kappa shape index (κ3) is 1.32. The Morgan fingerprint density at radius 3 is 2.50 bits per heavy atom. The standard InChI is InChI=1S/C14H16N2/c1-9-10(2)12(5-7-15)13-6-8-16(4)14(13)11(9)3/h6,8H,5H2,1-4H3. The van der Waals surface area contributed by atoms with E-state index in [1.807, 2.05) is 0 Å². The van der Waals surface area contributed by atoms with Crippen molar-refractivity contribution in [2.24, 2.45) is 7.05 Å². The van der Waals surface area contributed by atoms with Gasteiger partial charge in [0.2, 0.25) is 0 Å². The molecule has 0 saturated heterocycles. The van der Waals surface area contributed by atoms with Gasteiger partial charge in [-0.2, -0.15) is 5.26 Å². The molecule has 1 aromatic carbocycles. The van der Waals surface area contributed by atoms with Crippen molar-refractivity contribution in [3.63, 3.8) is 0 Å². The van der Waals surface area contributed by atoms with Gasteiger partial charge in [-0.3, -0.25) is 0 Å². The Labute approximate surface area is 96.1 Å². The maximum absolute atomic E-state index is 8.91. The van der Waals surface area contributed by atoms with Gasteiger partial charge >= 0.3 is 0 Å². The molecular formula is C14H16N2. The molecule has 82 valence electrons. The molecule has 0 fully saturated rings. The van der Waals surface area contributed by atoms with Gasteiger partial charge in [0.1, 0.15) is 0 Å². The molecule has 2 nitrogen and oxygen atoms in total. The first-order valence-electron chi connectivity index (χ1n) is 5.48. The lowest BCUT2D eigenvalue weighted by Gasteiger charge is -2.13. The zero-order valence-electron chi connectivity index (χ0n) is 10.3. The van der Waals surface area contributed by atoms with E-state index in [2.05, 4.69) is 50.7 Å². The van der Waals surface area contributed by atoms with Crippen molar-refractivity contribution < 1.29 is 0 Å². The molecule has 0 spiro atoms. The highest BCUT2D eigenvalue weighted by Gasteiger charge is 2.13. The fourth-order valence-electron chi connectivity index (χ4n) is 2.43. The number of aryl methyl sites for hydroxylation is 2. The van der Waals surface area contributed by atoms with Crippen molar-refractivity contribution in [2.45, 2.75) is 27.2 Å². The van der Waals surface area contributed by atoms with Gasteiger partial charge < -0.3 is 4.57 Å². The highest BCUT2D eigenvalue weighted by atomic mass is 14.9. The van der Waals surface area contributed by atoms with Crippen molar-refractivity contribution in [2.75, 3.05) is 0 Å². The molecule has 0 N–H and O–H groups in total. The molecule has 0 radical (unpaired) electrons. The second-order valence-electron chi connectivity index (χ2n) is 4.38. The summed E-state index contributed by atoms with van der Waals surface area (Å²) < 4.78 is 2.14. The molecule has 0 aliphatic rings. The van der Waals surface area contributed by atoms with Gasteiger partial charge in [-0.15, -0.1) is 0 Å². The van der Waals surface area contributed by atoms with Crippen molar-refractivity contribution in [1.82, 2.24) is 4.57 Å². The Bertz CT molecular complexity index is 597. The maximum Gasteiger partial charge on any atom is 0.0670 e. The lowest BCUT2D eigenvalue weighted by Crippen LogP contribution is -1.98. The minimum Gasteiger partial charge on any atom is -0.350 e. The van der Waals surface area contributed by atoms with Crippen LogP contribution in [0, 0.1) is 32.1 Å². The fourth-order valence-corrected chi connectivity index (χ4v) is 2.43. The summed E-state index contributed by atoms with van der Waals surface area (Å²) in [6.07, 6.45) is 2.56. The van der Waals surface area contributed by atoms with Crippen LogP contribution in [-0.2, 0) is 13.5 Å². The van der Waals surface area contributed by atoms with Gasteiger partial charge in [-0.25, -0.2) is 0 Å². The number of aromatic nitrogens is 1. The van der Waals surface area contributed by atoms with E-state index in [0.29, 0.717) is 6.42 Å². The van der Waals surface area contributed by atoms with Crippen LogP contribution >= 0.6 is 0 Å². The largest absolute Gasteiger partial charge is 0.350 e. The molecule has 1 heterocycles. The van der Waals surface area contributed by atoms with E-state index < -0.39 is 0 Å². The van der Waals surface area contributed by atoms with E-state index in [1.165, 1.54) is 33.2 Å². The number of hydrogen-bond acceptors (Lipinski definition) is 1. The Morgan fingerprint density at radius 1 is 1.19 bits per heavy atom. The van der Waals surface area contributed by atoms with Gasteiger partial charge in [-0.05, 0) is 49.1 Å². The molecule has 2 heteroatoms. The predicted molar refractivity (Wildman–Crippen MR) is 66.4 cm³/mol. The van der Waals surface area contributed by atoms with E-state index in [1.54, 1.807) is 0 Å². The second kappa shape index (κ2) is 3.68. The van der Waals surface area contributed by atoms with E-state index in [9.17, 15) is 0 Å². The molecule has 0 atom stereocenters. The van der Waals surface area contributed by atoms with Gasteiger partial charge in [0.15, 0.2) is 0 Å². The lowest BCUT2D eigenvalue weighted by molar-refractivity contribution is 0.961. The molecule has 16 heavy (non-hydrogen) atoms. The van der Waals surface area contributed by atoms with Gasteiger partial charge in [0.25, 0.3) is 0 Å². The average Bonchev–Trinajstić information content (AvgIpc) is 2.64. The third-order valence-corrected chi connectivity index (χ3v) is 3.59. The summed E-state index contributed by atoms with van der Waals surface area (Å²) in [5, 5.41) is 10.1. The van der Waals surface area contributed by atoms with Crippen LogP contribution in [-0.4, -0.2) is 4.57 Å². The SMILES string of the molecule is Cc1c(C)c(C)c2c(ccn2C)c1CC#N. The van der Waals surface area contributed by atoms with Gasteiger partial charge in [-0.1, -0.05) is 0 Å².